The van der Waals surface area contributed by atoms with Gasteiger partial charge in [-0.3, -0.25) is 4.79 Å². The van der Waals surface area contributed by atoms with Crippen molar-refractivity contribution in [2.75, 3.05) is 19.6 Å². The molecule has 0 radical (unpaired) electrons. The summed E-state index contributed by atoms with van der Waals surface area (Å²) < 4.78 is 53.1. The van der Waals surface area contributed by atoms with Crippen molar-refractivity contribution in [1.29, 1.82) is 0 Å². The molecule has 0 bridgehead atoms. The molecule has 4 rings (SSSR count). The van der Waals surface area contributed by atoms with E-state index < -0.39 is 21.7 Å². The van der Waals surface area contributed by atoms with E-state index in [9.17, 15) is 22.0 Å². The summed E-state index contributed by atoms with van der Waals surface area (Å²) in [5.74, 6) is -2.42. The highest BCUT2D eigenvalue weighted by Crippen LogP contribution is 2.29. The van der Waals surface area contributed by atoms with Gasteiger partial charge in [-0.2, -0.15) is 4.31 Å². The first kappa shape index (κ1) is 19.5. The van der Waals surface area contributed by atoms with Crippen LogP contribution in [-0.2, 0) is 27.8 Å². The van der Waals surface area contributed by atoms with Crippen molar-refractivity contribution in [1.82, 2.24) is 9.21 Å². The van der Waals surface area contributed by atoms with Gasteiger partial charge in [-0.05, 0) is 54.5 Å². The average Bonchev–Trinajstić information content (AvgIpc) is 3.17. The van der Waals surface area contributed by atoms with Crippen molar-refractivity contribution < 1.29 is 22.0 Å². The van der Waals surface area contributed by atoms with Crippen molar-refractivity contribution in [3.8, 4) is 0 Å². The molecule has 0 aliphatic carbocycles. The largest absolute Gasteiger partial charge is 0.338 e. The Kier molecular flexibility index (Phi) is 5.24. The minimum Gasteiger partial charge on any atom is -0.338 e. The summed E-state index contributed by atoms with van der Waals surface area (Å²) in [6.07, 6.45) is 1.71. The summed E-state index contributed by atoms with van der Waals surface area (Å²) in [6.45, 7) is 1.69. The Bertz CT molecular complexity index is 998. The highest BCUT2D eigenvalue weighted by atomic mass is 32.2. The summed E-state index contributed by atoms with van der Waals surface area (Å²) in [5.41, 5.74) is 1.20. The molecular weight excluding hydrogens is 406 g/mol. The molecule has 2 aromatic rings. The molecule has 1 fully saturated rings. The van der Waals surface area contributed by atoms with Crippen LogP contribution in [0.1, 0.15) is 23.3 Å². The number of fused-ring (bicyclic) bond motifs is 1. The number of thiophene rings is 1. The number of benzene rings is 1. The molecule has 0 saturated carbocycles. The molecule has 1 amide bonds. The molecular formula is C19H20F2N2O3S2. The van der Waals surface area contributed by atoms with Crippen LogP contribution in [0.3, 0.4) is 0 Å². The van der Waals surface area contributed by atoms with E-state index in [0.29, 0.717) is 32.0 Å². The fraction of sp³-hybridized carbons (Fsp3) is 0.421. The molecule has 1 aromatic heterocycles. The molecule has 1 aromatic carbocycles. The van der Waals surface area contributed by atoms with Gasteiger partial charge >= 0.3 is 0 Å². The number of sulfonamides is 1. The topological polar surface area (TPSA) is 57.7 Å². The zero-order valence-electron chi connectivity index (χ0n) is 15.1. The Labute approximate surface area is 166 Å². The molecule has 0 spiro atoms. The molecule has 0 N–H and O–H groups in total. The van der Waals surface area contributed by atoms with Crippen molar-refractivity contribution in [3.05, 3.63) is 51.7 Å². The monoisotopic (exact) mass is 426 g/mol. The summed E-state index contributed by atoms with van der Waals surface area (Å²) in [4.78, 5) is 15.8. The third kappa shape index (κ3) is 3.58. The highest BCUT2D eigenvalue weighted by Gasteiger charge is 2.35. The number of piperidine rings is 1. The van der Waals surface area contributed by atoms with Crippen LogP contribution in [0, 0.1) is 17.6 Å². The standard InChI is InChI=1S/C19H20F2N2O3S2/c20-16-2-1-15(11-17(16)21)28(25,26)23-8-3-13(4-9-23)19(24)22-7-5-18-14(12-22)6-10-27-18/h1-2,6,10-11,13H,3-5,7-9,12H2. The van der Waals surface area contributed by atoms with Crippen LogP contribution in [0.2, 0.25) is 0 Å². The van der Waals surface area contributed by atoms with E-state index in [-0.39, 0.29) is 29.8 Å². The van der Waals surface area contributed by atoms with Gasteiger partial charge in [0.05, 0.1) is 4.90 Å². The molecule has 2 aliphatic heterocycles. The molecule has 0 unspecified atom stereocenters. The summed E-state index contributed by atoms with van der Waals surface area (Å²) in [5, 5.41) is 2.04. The van der Waals surface area contributed by atoms with Crippen LogP contribution in [0.15, 0.2) is 34.5 Å². The van der Waals surface area contributed by atoms with Crippen LogP contribution < -0.4 is 0 Å². The van der Waals surface area contributed by atoms with Crippen LogP contribution in [-0.4, -0.2) is 43.2 Å². The second-order valence-electron chi connectivity index (χ2n) is 7.13. The van der Waals surface area contributed by atoms with E-state index in [4.69, 9.17) is 0 Å². The number of halogens is 2. The lowest BCUT2D eigenvalue weighted by atomic mass is 9.95. The second kappa shape index (κ2) is 7.53. The molecule has 150 valence electrons. The van der Waals surface area contributed by atoms with Gasteiger partial charge in [0, 0.05) is 37.0 Å². The smallest absolute Gasteiger partial charge is 0.243 e. The lowest BCUT2D eigenvalue weighted by Gasteiger charge is -2.35. The summed E-state index contributed by atoms with van der Waals surface area (Å²) in [7, 11) is -3.90. The lowest BCUT2D eigenvalue weighted by Crippen LogP contribution is -2.45. The number of nitrogens with zero attached hydrogens (tertiary/aromatic N) is 2. The number of hydrogen-bond acceptors (Lipinski definition) is 4. The van der Waals surface area contributed by atoms with Gasteiger partial charge in [-0.1, -0.05) is 0 Å². The van der Waals surface area contributed by atoms with E-state index in [1.165, 1.54) is 14.7 Å². The molecule has 3 heterocycles. The quantitative estimate of drug-likeness (QED) is 0.758. The minimum atomic E-state index is -3.90. The normalized spacial score (nSPS) is 18.9. The lowest BCUT2D eigenvalue weighted by molar-refractivity contribution is -0.137. The molecule has 9 heteroatoms. The first-order valence-corrected chi connectivity index (χ1v) is 11.5. The van der Waals surface area contributed by atoms with Gasteiger partial charge < -0.3 is 4.90 Å². The maximum absolute atomic E-state index is 13.4. The number of hydrogen-bond donors (Lipinski definition) is 0. The Morgan fingerprint density at radius 1 is 1.07 bits per heavy atom. The Morgan fingerprint density at radius 2 is 1.82 bits per heavy atom. The highest BCUT2D eigenvalue weighted by molar-refractivity contribution is 7.89. The van der Waals surface area contributed by atoms with E-state index in [0.717, 1.165) is 18.6 Å². The van der Waals surface area contributed by atoms with Crippen molar-refractivity contribution in [2.24, 2.45) is 5.92 Å². The van der Waals surface area contributed by atoms with Crippen LogP contribution in [0.4, 0.5) is 8.78 Å². The van der Waals surface area contributed by atoms with Gasteiger partial charge in [-0.15, -0.1) is 11.3 Å². The maximum Gasteiger partial charge on any atom is 0.243 e. The Morgan fingerprint density at radius 3 is 2.54 bits per heavy atom. The fourth-order valence-corrected chi connectivity index (χ4v) is 6.20. The SMILES string of the molecule is O=C(C1CCN(S(=O)(=O)c2ccc(F)c(F)c2)CC1)N1CCc2sccc2C1. The first-order chi connectivity index (χ1) is 13.4. The predicted molar refractivity (Wildman–Crippen MR) is 101 cm³/mol. The second-order valence-corrected chi connectivity index (χ2v) is 10.1. The summed E-state index contributed by atoms with van der Waals surface area (Å²) >= 11 is 1.72. The van der Waals surface area contributed by atoms with E-state index >= 15 is 0 Å². The van der Waals surface area contributed by atoms with Crippen molar-refractivity contribution >= 4 is 27.3 Å². The zero-order chi connectivity index (χ0) is 19.9. The first-order valence-electron chi connectivity index (χ1n) is 9.15. The molecule has 28 heavy (non-hydrogen) atoms. The molecule has 0 atom stereocenters. The Hall–Kier alpha value is -1.84. The summed E-state index contributed by atoms with van der Waals surface area (Å²) in [6, 6.07) is 4.63. The number of amides is 1. The maximum atomic E-state index is 13.4. The van der Waals surface area contributed by atoms with E-state index in [1.807, 2.05) is 10.3 Å². The van der Waals surface area contributed by atoms with Gasteiger partial charge in [0.15, 0.2) is 11.6 Å². The van der Waals surface area contributed by atoms with Gasteiger partial charge in [0.25, 0.3) is 0 Å². The van der Waals surface area contributed by atoms with Crippen molar-refractivity contribution in [2.45, 2.75) is 30.7 Å². The van der Waals surface area contributed by atoms with Gasteiger partial charge in [0.2, 0.25) is 15.9 Å². The average molecular weight is 427 g/mol. The van der Waals surface area contributed by atoms with Crippen LogP contribution >= 0.6 is 11.3 Å². The number of carbonyl (C=O) groups excluding carboxylic acids is 1. The number of carbonyl (C=O) groups is 1. The van der Waals surface area contributed by atoms with Crippen LogP contribution in [0.5, 0.6) is 0 Å². The van der Waals surface area contributed by atoms with E-state index in [1.54, 1.807) is 11.3 Å². The third-order valence-electron chi connectivity index (χ3n) is 5.45. The fourth-order valence-electron chi connectivity index (χ4n) is 3.82. The van der Waals surface area contributed by atoms with Gasteiger partial charge in [-0.25, -0.2) is 17.2 Å². The predicted octanol–water partition coefficient (Wildman–Crippen LogP) is 3.01. The number of rotatable bonds is 3. The minimum absolute atomic E-state index is 0.0710. The molecule has 2 aliphatic rings. The Balaban J connectivity index is 1.40. The molecule has 5 nitrogen and oxygen atoms in total. The zero-order valence-corrected chi connectivity index (χ0v) is 16.7. The van der Waals surface area contributed by atoms with E-state index in [2.05, 4.69) is 6.07 Å². The van der Waals surface area contributed by atoms with Gasteiger partial charge in [0.1, 0.15) is 0 Å². The van der Waals surface area contributed by atoms with Crippen molar-refractivity contribution in [3.63, 3.8) is 0 Å². The third-order valence-corrected chi connectivity index (χ3v) is 8.37. The molecule has 1 saturated heterocycles. The van der Waals surface area contributed by atoms with Crippen LogP contribution in [0.25, 0.3) is 0 Å².